The lowest BCUT2D eigenvalue weighted by molar-refractivity contribution is 0.438. The van der Waals surface area contributed by atoms with Gasteiger partial charge in [-0.3, -0.25) is 4.98 Å². The van der Waals surface area contributed by atoms with E-state index in [9.17, 15) is 0 Å². The van der Waals surface area contributed by atoms with E-state index in [1.54, 1.807) is 0 Å². The Bertz CT molecular complexity index is 311. The molecule has 90 valence electrons. The Balaban J connectivity index is 2.90. The van der Waals surface area contributed by atoms with Crippen molar-refractivity contribution in [3.63, 3.8) is 0 Å². The fraction of sp³-hybridized carbons (Fsp3) is 0.643. The van der Waals surface area contributed by atoms with E-state index in [1.807, 2.05) is 0 Å². The van der Waals surface area contributed by atoms with Crippen LogP contribution in [0.2, 0.25) is 0 Å². The van der Waals surface area contributed by atoms with Crippen LogP contribution in [-0.2, 0) is 0 Å². The Labute approximate surface area is 99.5 Å². The molecular weight excluding hydrogens is 196 g/mol. The molecule has 1 unspecified atom stereocenters. The zero-order valence-electron chi connectivity index (χ0n) is 11.2. The minimum Gasteiger partial charge on any atom is -0.310 e. The summed E-state index contributed by atoms with van der Waals surface area (Å²) in [4.78, 5) is 4.43. The van der Waals surface area contributed by atoms with E-state index in [1.165, 1.54) is 12.0 Å². The third-order valence-electron chi connectivity index (χ3n) is 2.66. The van der Waals surface area contributed by atoms with Crippen molar-refractivity contribution >= 4 is 0 Å². The zero-order chi connectivity index (χ0) is 12.1. The van der Waals surface area contributed by atoms with Crippen LogP contribution in [0.1, 0.15) is 50.2 Å². The Morgan fingerprint density at radius 2 is 1.75 bits per heavy atom. The smallest absolute Gasteiger partial charge is 0.0379 e. The van der Waals surface area contributed by atoms with Gasteiger partial charge in [0.1, 0.15) is 0 Å². The van der Waals surface area contributed by atoms with Crippen LogP contribution < -0.4 is 5.32 Å². The SMILES string of the molecule is CCNC(CC(C)C)c1cc(C)nc(C)c1. The molecule has 0 fully saturated rings. The van der Waals surface area contributed by atoms with Crippen LogP contribution in [0.15, 0.2) is 12.1 Å². The van der Waals surface area contributed by atoms with Crippen molar-refractivity contribution in [3.05, 3.63) is 29.1 Å². The largest absolute Gasteiger partial charge is 0.310 e. The molecule has 0 aliphatic heterocycles. The summed E-state index contributed by atoms with van der Waals surface area (Å²) < 4.78 is 0. The molecule has 0 aliphatic carbocycles. The van der Waals surface area contributed by atoms with Crippen LogP contribution in [0.25, 0.3) is 0 Å². The Hall–Kier alpha value is -0.890. The van der Waals surface area contributed by atoms with E-state index < -0.39 is 0 Å². The van der Waals surface area contributed by atoms with Crippen molar-refractivity contribution in [2.75, 3.05) is 6.54 Å². The predicted octanol–water partition coefficient (Wildman–Crippen LogP) is 3.40. The fourth-order valence-electron chi connectivity index (χ4n) is 2.12. The molecular formula is C14H24N2. The van der Waals surface area contributed by atoms with Crippen LogP contribution in [0, 0.1) is 19.8 Å². The summed E-state index contributed by atoms with van der Waals surface area (Å²) in [6.07, 6.45) is 1.18. The number of rotatable bonds is 5. The number of hydrogen-bond donors (Lipinski definition) is 1. The van der Waals surface area contributed by atoms with E-state index in [0.29, 0.717) is 12.0 Å². The van der Waals surface area contributed by atoms with Gasteiger partial charge in [-0.25, -0.2) is 0 Å². The monoisotopic (exact) mass is 220 g/mol. The van der Waals surface area contributed by atoms with Gasteiger partial charge in [-0.15, -0.1) is 0 Å². The fourth-order valence-corrected chi connectivity index (χ4v) is 2.12. The number of nitrogens with one attached hydrogen (secondary N) is 1. The first-order valence-electron chi connectivity index (χ1n) is 6.21. The lowest BCUT2D eigenvalue weighted by Crippen LogP contribution is -2.22. The standard InChI is InChI=1S/C14H24N2/c1-6-15-14(7-10(2)3)13-8-11(4)16-12(5)9-13/h8-10,14-15H,6-7H2,1-5H3. The Morgan fingerprint density at radius 3 is 2.19 bits per heavy atom. The van der Waals surface area contributed by atoms with Gasteiger partial charge in [0, 0.05) is 17.4 Å². The number of aryl methyl sites for hydroxylation is 2. The molecule has 2 heteroatoms. The van der Waals surface area contributed by atoms with E-state index in [4.69, 9.17) is 0 Å². The molecule has 0 aliphatic rings. The van der Waals surface area contributed by atoms with Gasteiger partial charge in [0.05, 0.1) is 0 Å². The van der Waals surface area contributed by atoms with Gasteiger partial charge >= 0.3 is 0 Å². The van der Waals surface area contributed by atoms with Crippen molar-refractivity contribution in [2.45, 2.75) is 47.1 Å². The highest BCUT2D eigenvalue weighted by atomic mass is 14.9. The van der Waals surface area contributed by atoms with E-state index in [-0.39, 0.29) is 0 Å². The molecule has 0 saturated heterocycles. The highest BCUT2D eigenvalue weighted by Gasteiger charge is 2.12. The van der Waals surface area contributed by atoms with Crippen molar-refractivity contribution in [3.8, 4) is 0 Å². The highest BCUT2D eigenvalue weighted by molar-refractivity contribution is 5.23. The minimum atomic E-state index is 0.463. The van der Waals surface area contributed by atoms with E-state index >= 15 is 0 Å². The summed E-state index contributed by atoms with van der Waals surface area (Å²) in [5.41, 5.74) is 3.60. The van der Waals surface area contributed by atoms with Gasteiger partial charge in [0.25, 0.3) is 0 Å². The lowest BCUT2D eigenvalue weighted by Gasteiger charge is -2.21. The number of nitrogens with zero attached hydrogens (tertiary/aromatic N) is 1. The van der Waals surface area contributed by atoms with Crippen molar-refractivity contribution in [1.29, 1.82) is 0 Å². The van der Waals surface area contributed by atoms with Crippen LogP contribution >= 0.6 is 0 Å². The molecule has 1 aromatic heterocycles. The molecule has 0 spiro atoms. The number of pyridine rings is 1. The van der Waals surface area contributed by atoms with Crippen LogP contribution in [0.4, 0.5) is 0 Å². The van der Waals surface area contributed by atoms with Crippen LogP contribution in [-0.4, -0.2) is 11.5 Å². The molecule has 1 atom stereocenters. The molecule has 0 saturated carbocycles. The minimum absolute atomic E-state index is 0.463. The molecule has 0 aromatic carbocycles. The maximum atomic E-state index is 4.43. The predicted molar refractivity (Wildman–Crippen MR) is 69.6 cm³/mol. The van der Waals surface area contributed by atoms with Crippen molar-refractivity contribution in [1.82, 2.24) is 10.3 Å². The second-order valence-corrected chi connectivity index (χ2v) is 4.92. The summed E-state index contributed by atoms with van der Waals surface area (Å²) in [5.74, 6) is 0.706. The first kappa shape index (κ1) is 13.2. The Morgan fingerprint density at radius 1 is 1.19 bits per heavy atom. The first-order valence-corrected chi connectivity index (χ1v) is 6.21. The zero-order valence-corrected chi connectivity index (χ0v) is 11.2. The Kier molecular flexibility index (Phi) is 4.94. The highest BCUT2D eigenvalue weighted by Crippen LogP contribution is 2.22. The van der Waals surface area contributed by atoms with Crippen LogP contribution in [0.3, 0.4) is 0 Å². The van der Waals surface area contributed by atoms with Gasteiger partial charge in [0.2, 0.25) is 0 Å². The lowest BCUT2D eigenvalue weighted by atomic mass is 9.96. The third-order valence-corrected chi connectivity index (χ3v) is 2.66. The average Bonchev–Trinajstić information content (AvgIpc) is 2.14. The van der Waals surface area contributed by atoms with Gasteiger partial charge < -0.3 is 5.32 Å². The summed E-state index contributed by atoms with van der Waals surface area (Å²) in [6, 6.07) is 4.86. The van der Waals surface area contributed by atoms with Gasteiger partial charge in [-0.05, 0) is 50.4 Å². The quantitative estimate of drug-likeness (QED) is 0.822. The molecule has 1 rings (SSSR count). The second-order valence-electron chi connectivity index (χ2n) is 4.92. The number of aromatic nitrogens is 1. The molecule has 2 nitrogen and oxygen atoms in total. The number of hydrogen-bond acceptors (Lipinski definition) is 2. The molecule has 16 heavy (non-hydrogen) atoms. The van der Waals surface area contributed by atoms with Crippen molar-refractivity contribution in [2.24, 2.45) is 5.92 Å². The summed E-state index contributed by atoms with van der Waals surface area (Å²) in [7, 11) is 0. The van der Waals surface area contributed by atoms with Crippen molar-refractivity contribution < 1.29 is 0 Å². The molecule has 0 amide bonds. The topological polar surface area (TPSA) is 24.9 Å². The molecule has 1 heterocycles. The third kappa shape index (κ3) is 3.93. The average molecular weight is 220 g/mol. The second kappa shape index (κ2) is 6.00. The van der Waals surface area contributed by atoms with Gasteiger partial charge in [-0.1, -0.05) is 20.8 Å². The normalized spacial score (nSPS) is 13.1. The van der Waals surface area contributed by atoms with E-state index in [0.717, 1.165) is 17.9 Å². The molecule has 0 radical (unpaired) electrons. The van der Waals surface area contributed by atoms with Crippen LogP contribution in [0.5, 0.6) is 0 Å². The summed E-state index contributed by atoms with van der Waals surface area (Å²) >= 11 is 0. The maximum Gasteiger partial charge on any atom is 0.0379 e. The molecule has 0 bridgehead atoms. The maximum absolute atomic E-state index is 4.43. The van der Waals surface area contributed by atoms with Gasteiger partial charge in [0.15, 0.2) is 0 Å². The molecule has 1 N–H and O–H groups in total. The molecule has 1 aromatic rings. The summed E-state index contributed by atoms with van der Waals surface area (Å²) in [5, 5.41) is 3.56. The van der Waals surface area contributed by atoms with Gasteiger partial charge in [-0.2, -0.15) is 0 Å². The first-order chi connectivity index (χ1) is 7.52. The van der Waals surface area contributed by atoms with E-state index in [2.05, 4.69) is 57.1 Å². The summed E-state index contributed by atoms with van der Waals surface area (Å²) in [6.45, 7) is 11.8.